The fourth-order valence-electron chi connectivity index (χ4n) is 8.24. The number of nitrogens with one attached hydrogen (secondary N) is 2. The molecule has 6 aromatic carbocycles. The van der Waals surface area contributed by atoms with E-state index in [1.165, 1.54) is 32.4 Å². The number of hydrogen-bond donors (Lipinski definition) is 2. The molecule has 0 unspecified atom stereocenters. The van der Waals surface area contributed by atoms with Crippen molar-refractivity contribution in [1.29, 1.82) is 0 Å². The molecule has 0 aliphatic carbocycles. The van der Waals surface area contributed by atoms with E-state index in [1.54, 1.807) is 49.4 Å². The Labute approximate surface area is 834 Å². The van der Waals surface area contributed by atoms with Gasteiger partial charge in [-0.1, -0.05) is 59.2 Å². The number of rotatable bonds is 33. The van der Waals surface area contributed by atoms with Crippen LogP contribution in [0.2, 0.25) is 0 Å². The van der Waals surface area contributed by atoms with Gasteiger partial charge in [0, 0.05) is 68.9 Å². The quantitative estimate of drug-likeness (QED) is 0.00963. The standard InChI is InChI=1S/C27H30N6O13S6.C26H27N6O10S5.8Na.O3S/c1-16-12-21(28-25-29-26(47-8-4-10-49(34,35)36)31-27(30-25)48-9-5-11-50(37,38)39)22(46-2)15-20(16)33-32-17-13-19-18(24(14-17)52(43,44)45)6-3-7-23(19)51(40,41)42;1-42-22-16-19(32-31-18-8-7-17-5-2-6-23(20(17)15-18)47(39,40)41)9-10-21(22)27-24-28-25(43-11-3-13-45(33,34)35)30-26(29-24)44-12-4-14-46(36,37)38;;;;;;;;;1-4(2)3/h3,6-7,12-15H,4-5,8-11H2,1-2H3,(H,34,35,36)(H,37,38,39)(H,40,41,42)(H,43,44,45)(H,28,29,30,31);5-10,15-16H,3-4,11-14H2,1H3,(H,33,34,35)(H,36,37,38)(H,39,40,41)(H,27,28,29,30);;;;;;;;;/q;-1;8*+1;/p-7. The Balaban J connectivity index is -0.00000188. The smallest absolute Gasteiger partial charge is 0.754 e. The van der Waals surface area contributed by atoms with Crippen molar-refractivity contribution in [3.05, 3.63) is 103 Å². The first-order valence-electron chi connectivity index (χ1n) is 28.1. The van der Waals surface area contributed by atoms with Crippen LogP contribution in [0.5, 0.6) is 11.5 Å². The Morgan fingerprint density at radius 3 is 1.20 bits per heavy atom. The van der Waals surface area contributed by atoms with Crippen molar-refractivity contribution in [1.82, 2.24) is 29.9 Å². The molecular formula is C53H50N12Na8O26S12. The molecule has 2 heterocycles. The van der Waals surface area contributed by atoms with Gasteiger partial charge in [0.25, 0.3) is 0 Å². The number of nitrogens with zero attached hydrogens (tertiary/aromatic N) is 10. The summed E-state index contributed by atoms with van der Waals surface area (Å²) in [5.74, 6) is -0.976. The predicted octanol–water partition coefficient (Wildman–Crippen LogP) is -17.7. The topological polar surface area (TPSA) is 621 Å². The summed E-state index contributed by atoms with van der Waals surface area (Å²) >= 11 is 4.25. The molecular weight excluding hydrogens is 1790 g/mol. The molecule has 0 bridgehead atoms. The van der Waals surface area contributed by atoms with Gasteiger partial charge in [0.05, 0.1) is 109 Å². The summed E-state index contributed by atoms with van der Waals surface area (Å²) in [5, 5.41) is 23.2. The maximum atomic E-state index is 12.0. The molecule has 8 aromatic rings. The van der Waals surface area contributed by atoms with Crippen LogP contribution in [0.3, 0.4) is 0 Å². The number of methoxy groups -OCH3 is 2. The van der Waals surface area contributed by atoms with E-state index in [-0.39, 0.29) is 357 Å². The minimum absolute atomic E-state index is 0. The van der Waals surface area contributed by atoms with Crippen molar-refractivity contribution >= 4 is 196 Å². The van der Waals surface area contributed by atoms with Crippen molar-refractivity contribution in [3.8, 4) is 11.5 Å². The van der Waals surface area contributed by atoms with Crippen molar-refractivity contribution in [2.75, 3.05) is 70.9 Å². The molecule has 2 aromatic heterocycles. The van der Waals surface area contributed by atoms with Crippen LogP contribution in [0, 0.1) is 13.0 Å². The maximum absolute atomic E-state index is 12.0. The van der Waals surface area contributed by atoms with Gasteiger partial charge >= 0.3 is 247 Å². The van der Waals surface area contributed by atoms with Crippen LogP contribution < -0.4 is 257 Å². The van der Waals surface area contributed by atoms with E-state index >= 15 is 0 Å². The van der Waals surface area contributed by atoms with Gasteiger partial charge in [-0.2, -0.15) is 68.6 Å². The second-order valence-electron chi connectivity index (χ2n) is 20.1. The van der Waals surface area contributed by atoms with Gasteiger partial charge in [-0.05, 0) is 91.6 Å². The Morgan fingerprint density at radius 2 is 0.793 bits per heavy atom. The van der Waals surface area contributed by atoms with Crippen LogP contribution in [-0.4, -0.2) is 194 Å². The second kappa shape index (κ2) is 53.5. The van der Waals surface area contributed by atoms with Crippen LogP contribution in [0.4, 0.5) is 46.0 Å². The number of benzene rings is 6. The number of thioether (sulfide) groups is 4. The van der Waals surface area contributed by atoms with Crippen molar-refractivity contribution in [2.45, 2.75) is 67.9 Å². The predicted molar refractivity (Wildman–Crippen MR) is 365 cm³/mol. The molecule has 0 fully saturated rings. The molecule has 38 nitrogen and oxygen atoms in total. The average Bonchev–Trinajstić information content (AvgIpc) is 0.762. The molecule has 0 saturated heterocycles. The minimum Gasteiger partial charge on any atom is -0.754 e. The molecule has 0 amide bonds. The second-order valence-corrected chi connectivity index (χ2v) is 34.9. The molecule has 0 spiro atoms. The summed E-state index contributed by atoms with van der Waals surface area (Å²) in [7, 11) is -33.0. The Hall–Kier alpha value is 0.650. The van der Waals surface area contributed by atoms with Crippen molar-refractivity contribution in [3.63, 3.8) is 0 Å². The number of ether oxygens (including phenoxy) is 2. The SMILES string of the molecule is COc1cc(N=Nc2cc(S(=O)(=O)[O-])c3cccc(S(=O)(=O)[O-])c3c2)c(C)cc1Nc1nc(SCCCS(=O)(=O)[O-])nc(SCCCS(=O)(=O)[O-])n1.COc1cc(N=Nc2ccc3c[c-]cc(S(=O)(=O)[O-])c3c2)ccc1Nc1nc(SCCCS(=O)(=O)[O-])nc(SCCCS(=O)(=O)[O-])n1.O=S(=O)=O.[Na+].[Na+].[Na+].[Na+].[Na+].[Na+].[Na+].[Na+]. The zero-order valence-electron chi connectivity index (χ0n) is 60.6. The molecule has 2 N–H and O–H groups in total. The monoisotopic (exact) mass is 1840 g/mol. The van der Waals surface area contributed by atoms with E-state index in [2.05, 4.69) is 67.1 Å². The van der Waals surface area contributed by atoms with Crippen LogP contribution >= 0.6 is 47.0 Å². The summed E-state index contributed by atoms with van der Waals surface area (Å²) in [6, 6.07) is 22.9. The fraction of sp³-hybridized carbons (Fsp3) is 0.283. The van der Waals surface area contributed by atoms with Gasteiger partial charge in [-0.15, -0.1) is 29.5 Å². The zero-order valence-corrected chi connectivity index (χ0v) is 86.4. The molecule has 0 aliphatic heterocycles. The number of anilines is 4. The minimum atomic E-state index is -5.15. The van der Waals surface area contributed by atoms with Crippen LogP contribution in [0.15, 0.2) is 147 Å². The molecule has 0 saturated carbocycles. The van der Waals surface area contributed by atoms with Gasteiger partial charge in [0.15, 0.2) is 20.6 Å². The molecule has 111 heavy (non-hydrogen) atoms. The first kappa shape index (κ1) is 116. The zero-order chi connectivity index (χ0) is 76.3. The third kappa shape index (κ3) is 42.8. The molecule has 58 heteroatoms. The summed E-state index contributed by atoms with van der Waals surface area (Å²) in [6.07, 6.45) is 0.165. The number of fused-ring (bicyclic) bond motifs is 2. The van der Waals surface area contributed by atoms with E-state index in [0.29, 0.717) is 33.8 Å². The van der Waals surface area contributed by atoms with E-state index in [1.807, 2.05) is 0 Å². The Bertz CT molecular complexity index is 5400. The summed E-state index contributed by atoms with van der Waals surface area (Å²) in [5.41, 5.74) is 1.76. The molecule has 8 rings (SSSR count). The van der Waals surface area contributed by atoms with Gasteiger partial charge in [-0.3, -0.25) is 8.42 Å². The first-order valence-corrected chi connectivity index (χ1v) is 43.6. The van der Waals surface area contributed by atoms with Crippen molar-refractivity contribution in [2.24, 2.45) is 20.5 Å². The fourth-order valence-corrected chi connectivity index (χ4v) is 16.2. The van der Waals surface area contributed by atoms with Gasteiger partial charge in [-0.25, -0.2) is 50.5 Å². The maximum Gasteiger partial charge on any atom is 1.00 e. The third-order valence-corrected chi connectivity index (χ3v) is 22.0. The molecule has 0 aliphatic rings. The molecule has 0 atom stereocenters. The van der Waals surface area contributed by atoms with Crippen LogP contribution in [0.25, 0.3) is 21.5 Å². The summed E-state index contributed by atoms with van der Waals surface area (Å²) in [4.78, 5) is 23.9. The van der Waals surface area contributed by atoms with Crippen LogP contribution in [0.1, 0.15) is 31.2 Å². The van der Waals surface area contributed by atoms with E-state index < -0.39 is 119 Å². The van der Waals surface area contributed by atoms with E-state index in [4.69, 9.17) is 22.1 Å². The summed E-state index contributed by atoms with van der Waals surface area (Å²) in [6.45, 7) is 1.62. The van der Waals surface area contributed by atoms with Gasteiger partial charge in [0.2, 0.25) is 11.9 Å². The number of aryl methyl sites for hydroxylation is 1. The number of aromatic nitrogens is 6. The van der Waals surface area contributed by atoms with Crippen LogP contribution in [-0.2, 0) is 81.4 Å². The van der Waals surface area contributed by atoms with E-state index in [9.17, 15) is 90.8 Å². The summed E-state index contributed by atoms with van der Waals surface area (Å²) < 4.78 is 274. The van der Waals surface area contributed by atoms with E-state index in [0.717, 1.165) is 77.4 Å². The normalized spacial score (nSPS) is 11.5. The number of azo groups is 2. The molecule has 558 valence electrons. The first-order chi connectivity index (χ1) is 47.9. The number of hydrogen-bond acceptors (Lipinski definition) is 42. The Morgan fingerprint density at radius 1 is 0.414 bits per heavy atom. The largest absolute Gasteiger partial charge is 1.00 e. The van der Waals surface area contributed by atoms with Crippen molar-refractivity contribution < 1.29 is 349 Å². The Kier molecular flexibility index (Phi) is 55.8. The van der Waals surface area contributed by atoms with Gasteiger partial charge in [0.1, 0.15) is 31.7 Å². The molecule has 0 radical (unpaired) electrons. The third-order valence-electron chi connectivity index (χ3n) is 12.5. The van der Waals surface area contributed by atoms with Gasteiger partial charge < -0.3 is 52.0 Å². The average molecular weight is 1840 g/mol.